The highest BCUT2D eigenvalue weighted by atomic mass is 16.5. The summed E-state index contributed by atoms with van der Waals surface area (Å²) in [6, 6.07) is 7.63. The van der Waals surface area contributed by atoms with Crippen molar-refractivity contribution in [2.24, 2.45) is 0 Å². The van der Waals surface area contributed by atoms with E-state index in [2.05, 4.69) is 0 Å². The zero-order valence-corrected chi connectivity index (χ0v) is 16.0. The van der Waals surface area contributed by atoms with Gasteiger partial charge in [-0.2, -0.15) is 0 Å². The quantitative estimate of drug-likeness (QED) is 0.807. The van der Waals surface area contributed by atoms with Gasteiger partial charge in [-0.3, -0.25) is 9.59 Å². The molecule has 1 aromatic carbocycles. The molecule has 2 aliphatic heterocycles. The van der Waals surface area contributed by atoms with E-state index >= 15 is 0 Å². The van der Waals surface area contributed by atoms with Gasteiger partial charge in [0.25, 0.3) is 5.91 Å². The third-order valence-electron chi connectivity index (χ3n) is 5.61. The number of carbonyl (C=O) groups is 2. The number of piperidine rings is 1. The van der Waals surface area contributed by atoms with Gasteiger partial charge in [-0.05, 0) is 43.9 Å². The zero-order chi connectivity index (χ0) is 18.7. The Kier molecular flexibility index (Phi) is 5.51. The van der Waals surface area contributed by atoms with Crippen molar-refractivity contribution in [3.8, 4) is 0 Å². The average Bonchev–Trinajstić information content (AvgIpc) is 3.07. The van der Waals surface area contributed by atoms with E-state index < -0.39 is 5.54 Å². The number of benzene rings is 1. The minimum Gasteiger partial charge on any atom is -0.383 e. The van der Waals surface area contributed by atoms with Gasteiger partial charge >= 0.3 is 0 Å². The molecule has 26 heavy (non-hydrogen) atoms. The van der Waals surface area contributed by atoms with Crippen LogP contribution in [0.4, 0.5) is 5.69 Å². The number of methoxy groups -OCH3 is 1. The molecule has 2 fully saturated rings. The molecule has 0 aromatic heterocycles. The van der Waals surface area contributed by atoms with Crippen LogP contribution in [0.25, 0.3) is 0 Å². The van der Waals surface area contributed by atoms with E-state index in [1.54, 1.807) is 7.11 Å². The molecule has 0 saturated carbocycles. The lowest BCUT2D eigenvalue weighted by Gasteiger charge is -2.44. The van der Waals surface area contributed by atoms with Crippen molar-refractivity contribution in [3.05, 3.63) is 29.8 Å². The van der Waals surface area contributed by atoms with Crippen LogP contribution in [0.5, 0.6) is 0 Å². The second-order valence-electron chi connectivity index (χ2n) is 7.43. The molecule has 0 N–H and O–H groups in total. The first-order valence-electron chi connectivity index (χ1n) is 9.37. The van der Waals surface area contributed by atoms with Crippen LogP contribution >= 0.6 is 0 Å². The van der Waals surface area contributed by atoms with Crippen LogP contribution in [0, 0.1) is 0 Å². The molecule has 2 heterocycles. The molecule has 6 heteroatoms. The minimum absolute atomic E-state index is 0.0341. The van der Waals surface area contributed by atoms with Gasteiger partial charge in [0, 0.05) is 52.1 Å². The summed E-state index contributed by atoms with van der Waals surface area (Å²) in [5.41, 5.74) is 0.970. The van der Waals surface area contributed by atoms with Gasteiger partial charge in [-0.15, -0.1) is 0 Å². The fourth-order valence-electron chi connectivity index (χ4n) is 4.21. The van der Waals surface area contributed by atoms with Crippen LogP contribution in [0.3, 0.4) is 0 Å². The predicted octanol–water partition coefficient (Wildman–Crippen LogP) is 2.00. The first kappa shape index (κ1) is 18.7. The highest BCUT2D eigenvalue weighted by Crippen LogP contribution is 2.39. The number of ether oxygens (including phenoxy) is 1. The summed E-state index contributed by atoms with van der Waals surface area (Å²) in [6.45, 7) is 2.52. The maximum absolute atomic E-state index is 13.3. The molecule has 1 aromatic rings. The van der Waals surface area contributed by atoms with Gasteiger partial charge in [-0.25, -0.2) is 0 Å². The maximum atomic E-state index is 13.3. The van der Waals surface area contributed by atoms with Gasteiger partial charge < -0.3 is 19.4 Å². The summed E-state index contributed by atoms with van der Waals surface area (Å²) in [4.78, 5) is 32.2. The Bertz CT molecular complexity index is 676. The fourth-order valence-corrected chi connectivity index (χ4v) is 4.21. The fraction of sp³-hybridized carbons (Fsp3) is 0.600. The SMILES string of the molecule is COCCN1CCCC2(CCCN2C(=O)c2cccc(N(C)C)c2)C1=O. The van der Waals surface area contributed by atoms with Crippen molar-refractivity contribution >= 4 is 17.5 Å². The average molecular weight is 359 g/mol. The molecule has 3 rings (SSSR count). The van der Waals surface area contributed by atoms with E-state index in [1.807, 2.05) is 53.1 Å². The Morgan fingerprint density at radius 2 is 1.96 bits per heavy atom. The van der Waals surface area contributed by atoms with Crippen LogP contribution < -0.4 is 4.90 Å². The second kappa shape index (κ2) is 7.66. The summed E-state index contributed by atoms with van der Waals surface area (Å²) in [5.74, 6) is 0.0588. The largest absolute Gasteiger partial charge is 0.383 e. The number of amides is 2. The van der Waals surface area contributed by atoms with Crippen molar-refractivity contribution in [3.63, 3.8) is 0 Å². The summed E-state index contributed by atoms with van der Waals surface area (Å²) >= 11 is 0. The van der Waals surface area contributed by atoms with E-state index in [1.165, 1.54) is 0 Å². The van der Waals surface area contributed by atoms with Crippen LogP contribution in [-0.4, -0.2) is 74.6 Å². The lowest BCUT2D eigenvalue weighted by molar-refractivity contribution is -0.146. The highest BCUT2D eigenvalue weighted by molar-refractivity contribution is 6.00. The van der Waals surface area contributed by atoms with E-state index in [9.17, 15) is 9.59 Å². The van der Waals surface area contributed by atoms with Crippen LogP contribution in [-0.2, 0) is 9.53 Å². The monoisotopic (exact) mass is 359 g/mol. The second-order valence-corrected chi connectivity index (χ2v) is 7.43. The summed E-state index contributed by atoms with van der Waals surface area (Å²) in [5, 5.41) is 0. The van der Waals surface area contributed by atoms with E-state index in [0.29, 0.717) is 25.3 Å². The van der Waals surface area contributed by atoms with Crippen molar-refractivity contribution in [2.45, 2.75) is 31.2 Å². The molecule has 2 amide bonds. The first-order valence-corrected chi connectivity index (χ1v) is 9.37. The third kappa shape index (κ3) is 3.30. The predicted molar refractivity (Wildman–Crippen MR) is 101 cm³/mol. The van der Waals surface area contributed by atoms with Gasteiger partial charge in [0.1, 0.15) is 5.54 Å². The maximum Gasteiger partial charge on any atom is 0.254 e. The topological polar surface area (TPSA) is 53.1 Å². The molecule has 0 bridgehead atoms. The lowest BCUT2D eigenvalue weighted by Crippen LogP contribution is -2.61. The van der Waals surface area contributed by atoms with Gasteiger partial charge in [0.2, 0.25) is 5.91 Å². The van der Waals surface area contributed by atoms with Crippen molar-refractivity contribution in [1.82, 2.24) is 9.80 Å². The Balaban J connectivity index is 1.86. The number of carbonyl (C=O) groups excluding carboxylic acids is 2. The standard InChI is InChI=1S/C20H29N3O3/c1-21(2)17-8-4-7-16(15-17)18(24)23-12-6-10-20(23)9-5-11-22(19(20)25)13-14-26-3/h4,7-8,15H,5-6,9-14H2,1-3H3. The summed E-state index contributed by atoms with van der Waals surface area (Å²) in [6.07, 6.45) is 3.32. The van der Waals surface area contributed by atoms with E-state index in [0.717, 1.165) is 37.9 Å². The smallest absolute Gasteiger partial charge is 0.254 e. The Labute approximate surface area is 155 Å². The van der Waals surface area contributed by atoms with Crippen molar-refractivity contribution < 1.29 is 14.3 Å². The van der Waals surface area contributed by atoms with Crippen LogP contribution in [0.15, 0.2) is 24.3 Å². The Morgan fingerprint density at radius 3 is 2.65 bits per heavy atom. The number of anilines is 1. The molecule has 142 valence electrons. The Morgan fingerprint density at radius 1 is 1.23 bits per heavy atom. The number of likely N-dealkylation sites (tertiary alicyclic amines) is 2. The molecule has 0 radical (unpaired) electrons. The van der Waals surface area contributed by atoms with E-state index in [4.69, 9.17) is 4.74 Å². The minimum atomic E-state index is -0.669. The molecular formula is C20H29N3O3. The molecule has 1 unspecified atom stereocenters. The molecule has 6 nitrogen and oxygen atoms in total. The number of hydrogen-bond acceptors (Lipinski definition) is 4. The summed E-state index contributed by atoms with van der Waals surface area (Å²) in [7, 11) is 5.56. The first-order chi connectivity index (χ1) is 12.5. The number of nitrogens with zero attached hydrogens (tertiary/aromatic N) is 3. The molecule has 2 saturated heterocycles. The molecule has 2 aliphatic rings. The Hall–Kier alpha value is -2.08. The zero-order valence-electron chi connectivity index (χ0n) is 16.0. The van der Waals surface area contributed by atoms with Crippen molar-refractivity contribution in [1.29, 1.82) is 0 Å². The third-order valence-corrected chi connectivity index (χ3v) is 5.61. The molecule has 0 aliphatic carbocycles. The van der Waals surface area contributed by atoms with Crippen LogP contribution in [0.2, 0.25) is 0 Å². The molecule has 1 atom stereocenters. The van der Waals surface area contributed by atoms with Gasteiger partial charge in [-0.1, -0.05) is 6.07 Å². The van der Waals surface area contributed by atoms with Gasteiger partial charge in [0.05, 0.1) is 6.61 Å². The normalized spacial score (nSPS) is 23.0. The summed E-state index contributed by atoms with van der Waals surface area (Å²) < 4.78 is 5.14. The molecule has 1 spiro atoms. The van der Waals surface area contributed by atoms with Crippen molar-refractivity contribution in [2.75, 3.05) is 52.3 Å². The van der Waals surface area contributed by atoms with Gasteiger partial charge in [0.15, 0.2) is 0 Å². The van der Waals surface area contributed by atoms with E-state index in [-0.39, 0.29) is 11.8 Å². The molecular weight excluding hydrogens is 330 g/mol. The lowest BCUT2D eigenvalue weighted by atomic mass is 9.85. The van der Waals surface area contributed by atoms with Crippen LogP contribution in [0.1, 0.15) is 36.0 Å². The number of hydrogen-bond donors (Lipinski definition) is 0. The number of rotatable bonds is 5. The highest BCUT2D eigenvalue weighted by Gasteiger charge is 2.52.